The summed E-state index contributed by atoms with van der Waals surface area (Å²) in [5, 5.41) is 20.7. The summed E-state index contributed by atoms with van der Waals surface area (Å²) in [6.07, 6.45) is 6.28. The number of unbranched alkanes of at least 4 members (excludes halogenated alkanes) is 1. The lowest BCUT2D eigenvalue weighted by atomic mass is 9.82. The number of aryl methyl sites for hydroxylation is 1. The monoisotopic (exact) mass is 497 g/mol. The molecule has 0 bridgehead atoms. The van der Waals surface area contributed by atoms with Gasteiger partial charge in [0.05, 0.1) is 17.5 Å². The third kappa shape index (κ3) is 6.83. The van der Waals surface area contributed by atoms with Crippen molar-refractivity contribution in [2.45, 2.75) is 85.9 Å². The Hall–Kier alpha value is -2.51. The molecule has 1 aliphatic heterocycles. The van der Waals surface area contributed by atoms with Crippen molar-refractivity contribution in [3.8, 4) is 11.1 Å². The second kappa shape index (κ2) is 12.2. The first-order chi connectivity index (χ1) is 17.0. The molecule has 0 saturated carbocycles. The largest absolute Gasteiger partial charge is 0.479 e. The van der Waals surface area contributed by atoms with Gasteiger partial charge in [0.25, 0.3) is 0 Å². The highest BCUT2D eigenvalue weighted by Crippen LogP contribution is 2.42. The Morgan fingerprint density at radius 1 is 1.17 bits per heavy atom. The number of rotatable bonds is 11. The minimum absolute atomic E-state index is 0.248. The van der Waals surface area contributed by atoms with Gasteiger partial charge in [-0.15, -0.1) is 0 Å². The maximum atomic E-state index is 12.4. The van der Waals surface area contributed by atoms with Crippen LogP contribution in [0.1, 0.15) is 95.9 Å². The maximum Gasteiger partial charge on any atom is 0.337 e. The lowest BCUT2D eigenvalue weighted by Crippen LogP contribution is -2.39. The molecular formula is C29H43N3O4. The van der Waals surface area contributed by atoms with E-state index in [9.17, 15) is 15.0 Å². The number of carboxylic acid groups (broad SMARTS) is 1. The van der Waals surface area contributed by atoms with E-state index in [1.165, 1.54) is 0 Å². The van der Waals surface area contributed by atoms with E-state index in [1.54, 1.807) is 6.20 Å². The molecular weight excluding hydrogens is 454 g/mol. The van der Waals surface area contributed by atoms with Gasteiger partial charge in [0.15, 0.2) is 6.10 Å². The van der Waals surface area contributed by atoms with E-state index >= 15 is 0 Å². The number of aliphatic hydroxyl groups excluding tert-OH is 1. The zero-order valence-electron chi connectivity index (χ0n) is 22.8. The number of hydrogen-bond donors (Lipinski definition) is 2. The number of nitrogens with zero attached hydrogens (tertiary/aromatic N) is 3. The van der Waals surface area contributed by atoms with E-state index < -0.39 is 18.2 Å². The molecule has 36 heavy (non-hydrogen) atoms. The van der Waals surface area contributed by atoms with Crippen LogP contribution in [0, 0.1) is 18.3 Å². The van der Waals surface area contributed by atoms with Crippen molar-refractivity contribution in [1.82, 2.24) is 9.97 Å². The normalized spacial score (nSPS) is 17.3. The number of carboxylic acids is 1. The lowest BCUT2D eigenvalue weighted by molar-refractivity contribution is -0.151. The fourth-order valence-corrected chi connectivity index (χ4v) is 4.76. The molecule has 198 valence electrons. The van der Waals surface area contributed by atoms with Crippen LogP contribution in [0.3, 0.4) is 0 Å². The van der Waals surface area contributed by atoms with E-state index in [0.29, 0.717) is 35.9 Å². The van der Waals surface area contributed by atoms with Crippen LogP contribution < -0.4 is 4.90 Å². The number of ether oxygens (including phenoxy) is 1. The second-order valence-corrected chi connectivity index (χ2v) is 11.2. The fraction of sp³-hybridized carbons (Fsp3) is 0.621. The minimum Gasteiger partial charge on any atom is -0.479 e. The Labute approximate surface area is 215 Å². The Kier molecular flexibility index (Phi) is 9.47. The molecule has 0 amide bonds. The summed E-state index contributed by atoms with van der Waals surface area (Å²) >= 11 is 0. The average molecular weight is 498 g/mol. The molecule has 2 aromatic heterocycles. The van der Waals surface area contributed by atoms with Gasteiger partial charge in [-0.05, 0) is 50.0 Å². The van der Waals surface area contributed by atoms with Crippen molar-refractivity contribution in [3.63, 3.8) is 0 Å². The first-order valence-electron chi connectivity index (χ1n) is 13.3. The van der Waals surface area contributed by atoms with E-state index in [1.807, 2.05) is 25.3 Å². The van der Waals surface area contributed by atoms with Crippen molar-refractivity contribution in [2.24, 2.45) is 11.3 Å². The first-order valence-corrected chi connectivity index (χ1v) is 13.3. The molecule has 7 nitrogen and oxygen atoms in total. The Morgan fingerprint density at radius 2 is 1.86 bits per heavy atom. The van der Waals surface area contributed by atoms with Crippen molar-refractivity contribution < 1.29 is 19.7 Å². The van der Waals surface area contributed by atoms with E-state index in [4.69, 9.17) is 4.74 Å². The summed E-state index contributed by atoms with van der Waals surface area (Å²) in [5.74, 6) is -0.641. The highest BCUT2D eigenvalue weighted by atomic mass is 16.5. The number of piperidine rings is 1. The Morgan fingerprint density at radius 3 is 2.42 bits per heavy atom. The molecule has 1 saturated heterocycles. The van der Waals surface area contributed by atoms with Gasteiger partial charge in [-0.25, -0.2) is 4.79 Å². The van der Waals surface area contributed by atoms with Crippen LogP contribution in [0.2, 0.25) is 0 Å². The molecule has 1 aliphatic rings. The van der Waals surface area contributed by atoms with E-state index in [-0.39, 0.29) is 5.41 Å². The van der Waals surface area contributed by atoms with Crippen LogP contribution in [0.5, 0.6) is 0 Å². The molecule has 2 atom stereocenters. The van der Waals surface area contributed by atoms with Gasteiger partial charge in [0.1, 0.15) is 0 Å². The predicted octanol–water partition coefficient (Wildman–Crippen LogP) is 6.10. The molecule has 2 unspecified atom stereocenters. The molecule has 0 aliphatic carbocycles. The van der Waals surface area contributed by atoms with Gasteiger partial charge in [-0.3, -0.25) is 9.97 Å². The molecule has 0 spiro atoms. The van der Waals surface area contributed by atoms with Gasteiger partial charge in [-0.1, -0.05) is 47.1 Å². The van der Waals surface area contributed by atoms with E-state index in [0.717, 1.165) is 55.6 Å². The summed E-state index contributed by atoms with van der Waals surface area (Å²) < 4.78 is 5.95. The van der Waals surface area contributed by atoms with Gasteiger partial charge in [-0.2, -0.15) is 0 Å². The zero-order valence-corrected chi connectivity index (χ0v) is 22.8. The number of anilines is 1. The van der Waals surface area contributed by atoms with Crippen LogP contribution in [0.4, 0.5) is 5.69 Å². The fourth-order valence-electron chi connectivity index (χ4n) is 4.76. The molecule has 2 aromatic rings. The highest BCUT2D eigenvalue weighted by Gasteiger charge is 2.33. The molecule has 0 radical (unpaired) electrons. The van der Waals surface area contributed by atoms with Crippen molar-refractivity contribution >= 4 is 11.7 Å². The number of aromatic nitrogens is 2. The second-order valence-electron chi connectivity index (χ2n) is 11.2. The van der Waals surface area contributed by atoms with Gasteiger partial charge in [0, 0.05) is 54.5 Å². The standard InChI is InChI=1S/C29H43N3O4/c1-7-8-15-36-27(28(34)35)25-20(4)30-18-22(26(25)32-13-11-29(5,6)12-14-32)21-9-10-23(31-17-21)24(33)16-19(2)3/h9-10,17-19,24,27,33H,7-8,11-16H2,1-6H3,(H,34,35). The summed E-state index contributed by atoms with van der Waals surface area (Å²) in [6, 6.07) is 3.81. The summed E-state index contributed by atoms with van der Waals surface area (Å²) in [4.78, 5) is 23.9. The van der Waals surface area contributed by atoms with Crippen LogP contribution in [0.15, 0.2) is 24.5 Å². The number of carbonyl (C=O) groups is 1. The van der Waals surface area contributed by atoms with Crippen molar-refractivity contribution in [1.29, 1.82) is 0 Å². The summed E-state index contributed by atoms with van der Waals surface area (Å²) in [7, 11) is 0. The highest BCUT2D eigenvalue weighted by molar-refractivity contribution is 5.86. The number of aliphatic hydroxyl groups is 1. The third-order valence-electron chi connectivity index (χ3n) is 7.12. The molecule has 3 heterocycles. The minimum atomic E-state index is -1.09. The van der Waals surface area contributed by atoms with E-state index in [2.05, 4.69) is 49.5 Å². The molecule has 3 rings (SSSR count). The van der Waals surface area contributed by atoms with Gasteiger partial charge < -0.3 is 19.8 Å². The Bertz CT molecular complexity index is 1010. The lowest BCUT2D eigenvalue weighted by Gasteiger charge is -2.40. The first kappa shape index (κ1) is 28.1. The zero-order chi connectivity index (χ0) is 26.5. The van der Waals surface area contributed by atoms with Crippen molar-refractivity contribution in [2.75, 3.05) is 24.6 Å². The smallest absolute Gasteiger partial charge is 0.337 e. The van der Waals surface area contributed by atoms with Crippen LogP contribution >= 0.6 is 0 Å². The number of pyridine rings is 2. The molecule has 1 fully saturated rings. The quantitative estimate of drug-likeness (QED) is 0.362. The predicted molar refractivity (Wildman–Crippen MR) is 143 cm³/mol. The van der Waals surface area contributed by atoms with Crippen LogP contribution in [-0.4, -0.2) is 45.8 Å². The molecule has 2 N–H and O–H groups in total. The SMILES string of the molecule is CCCCOC(C(=O)O)c1c(C)ncc(-c2ccc(C(O)CC(C)C)nc2)c1N1CCC(C)(C)CC1. The van der Waals surface area contributed by atoms with Gasteiger partial charge >= 0.3 is 5.97 Å². The van der Waals surface area contributed by atoms with Crippen LogP contribution in [0.25, 0.3) is 11.1 Å². The van der Waals surface area contributed by atoms with Crippen LogP contribution in [-0.2, 0) is 9.53 Å². The van der Waals surface area contributed by atoms with Gasteiger partial charge in [0.2, 0.25) is 0 Å². The number of aliphatic carboxylic acids is 1. The van der Waals surface area contributed by atoms with Crippen molar-refractivity contribution in [3.05, 3.63) is 41.5 Å². The average Bonchev–Trinajstić information content (AvgIpc) is 2.82. The summed E-state index contributed by atoms with van der Waals surface area (Å²) in [6.45, 7) is 14.7. The summed E-state index contributed by atoms with van der Waals surface area (Å²) in [5.41, 5.74) is 4.75. The molecule has 7 heteroatoms. The number of hydrogen-bond acceptors (Lipinski definition) is 6. The topological polar surface area (TPSA) is 95.8 Å². The molecule has 0 aromatic carbocycles. The maximum absolute atomic E-state index is 12.4. The Balaban J connectivity index is 2.10. The third-order valence-corrected chi connectivity index (χ3v) is 7.12.